The molecule has 1 N–H and O–H groups in total. The molecule has 2 atom stereocenters. The van der Waals surface area contributed by atoms with Crippen molar-refractivity contribution in [3.63, 3.8) is 0 Å². The summed E-state index contributed by atoms with van der Waals surface area (Å²) in [5.74, 6) is 0.197. The van der Waals surface area contributed by atoms with Crippen LogP contribution in [0.4, 0.5) is 0 Å². The molecule has 0 saturated heterocycles. The second-order valence-corrected chi connectivity index (χ2v) is 5.19. The highest BCUT2D eigenvalue weighted by molar-refractivity contribution is 5.75. The number of hydrogen-bond acceptors (Lipinski definition) is 2. The van der Waals surface area contributed by atoms with E-state index in [2.05, 4.69) is 0 Å². The van der Waals surface area contributed by atoms with Gasteiger partial charge in [-0.2, -0.15) is 0 Å². The van der Waals surface area contributed by atoms with E-state index in [-0.39, 0.29) is 17.3 Å². The topological polar surface area (TPSA) is 46.5 Å². The molecule has 2 unspecified atom stereocenters. The molecule has 3 heteroatoms. The Morgan fingerprint density at radius 1 is 1.35 bits per heavy atom. The maximum Gasteiger partial charge on any atom is 0.307 e. The van der Waals surface area contributed by atoms with Gasteiger partial charge in [-0.1, -0.05) is 32.0 Å². The first-order chi connectivity index (χ1) is 8.03. The quantitative estimate of drug-likeness (QED) is 0.852. The fraction of sp³-hybridized carbons (Fsp3) is 0.500. The van der Waals surface area contributed by atoms with Gasteiger partial charge in [-0.25, -0.2) is 0 Å². The SMILES string of the molecule is CC1(C)C(CCOc2ccccc2)C1C(=O)O. The Labute approximate surface area is 101 Å². The fourth-order valence-corrected chi connectivity index (χ4v) is 2.59. The third-order valence-electron chi connectivity index (χ3n) is 3.76. The lowest BCUT2D eigenvalue weighted by atomic mass is 10.1. The van der Waals surface area contributed by atoms with Crippen molar-refractivity contribution in [2.45, 2.75) is 20.3 Å². The summed E-state index contributed by atoms with van der Waals surface area (Å²) in [5, 5.41) is 9.03. The van der Waals surface area contributed by atoms with Crippen LogP contribution in [0.15, 0.2) is 30.3 Å². The molecule has 0 radical (unpaired) electrons. The molecule has 0 spiro atoms. The summed E-state index contributed by atoms with van der Waals surface area (Å²) in [7, 11) is 0. The maximum absolute atomic E-state index is 11.0. The van der Waals surface area contributed by atoms with Gasteiger partial charge in [0.25, 0.3) is 0 Å². The lowest BCUT2D eigenvalue weighted by Crippen LogP contribution is -2.03. The standard InChI is InChI=1S/C14H18O3/c1-14(2)11(12(14)13(15)16)8-9-17-10-6-4-3-5-7-10/h3-7,11-12H,8-9H2,1-2H3,(H,15,16). The number of aliphatic carboxylic acids is 1. The van der Waals surface area contributed by atoms with Crippen LogP contribution < -0.4 is 4.74 Å². The van der Waals surface area contributed by atoms with Crippen LogP contribution in [-0.2, 0) is 4.79 Å². The first-order valence-corrected chi connectivity index (χ1v) is 5.94. The molecular formula is C14H18O3. The second kappa shape index (κ2) is 4.40. The number of para-hydroxylation sites is 1. The van der Waals surface area contributed by atoms with E-state index in [0.717, 1.165) is 12.2 Å². The molecule has 0 heterocycles. The Hall–Kier alpha value is -1.51. The maximum atomic E-state index is 11.0. The number of rotatable bonds is 5. The van der Waals surface area contributed by atoms with E-state index < -0.39 is 5.97 Å². The number of benzene rings is 1. The summed E-state index contributed by atoms with van der Waals surface area (Å²) in [4.78, 5) is 11.0. The summed E-state index contributed by atoms with van der Waals surface area (Å²) in [6.07, 6.45) is 0.804. The lowest BCUT2D eigenvalue weighted by Gasteiger charge is -2.06. The molecule has 0 bridgehead atoms. The molecule has 0 amide bonds. The van der Waals surface area contributed by atoms with E-state index in [1.54, 1.807) is 0 Å². The van der Waals surface area contributed by atoms with E-state index >= 15 is 0 Å². The van der Waals surface area contributed by atoms with Gasteiger partial charge < -0.3 is 9.84 Å². The highest BCUT2D eigenvalue weighted by Gasteiger charge is 2.61. The normalized spacial score (nSPS) is 25.3. The van der Waals surface area contributed by atoms with Crippen molar-refractivity contribution in [1.82, 2.24) is 0 Å². The second-order valence-electron chi connectivity index (χ2n) is 5.19. The molecule has 3 nitrogen and oxygen atoms in total. The van der Waals surface area contributed by atoms with E-state index in [4.69, 9.17) is 9.84 Å². The summed E-state index contributed by atoms with van der Waals surface area (Å²) >= 11 is 0. The zero-order valence-electron chi connectivity index (χ0n) is 10.2. The number of carboxylic acids is 1. The molecule has 2 rings (SSSR count). The summed E-state index contributed by atoms with van der Waals surface area (Å²) in [6, 6.07) is 9.61. The highest BCUT2D eigenvalue weighted by atomic mass is 16.5. The first kappa shape index (κ1) is 12.0. The third kappa shape index (κ3) is 2.43. The molecule has 0 aliphatic heterocycles. The summed E-state index contributed by atoms with van der Waals surface area (Å²) < 4.78 is 5.59. The summed E-state index contributed by atoms with van der Waals surface area (Å²) in [5.41, 5.74) is -0.0775. The Bertz CT molecular complexity index is 397. The van der Waals surface area contributed by atoms with Gasteiger partial charge in [-0.05, 0) is 29.9 Å². The first-order valence-electron chi connectivity index (χ1n) is 5.94. The van der Waals surface area contributed by atoms with Crippen LogP contribution in [0.25, 0.3) is 0 Å². The third-order valence-corrected chi connectivity index (χ3v) is 3.76. The van der Waals surface area contributed by atoms with Crippen molar-refractivity contribution in [3.05, 3.63) is 30.3 Å². The molecule has 1 fully saturated rings. The number of carboxylic acid groups (broad SMARTS) is 1. The zero-order chi connectivity index (χ0) is 12.5. The molecule has 17 heavy (non-hydrogen) atoms. The van der Waals surface area contributed by atoms with Gasteiger partial charge in [-0.15, -0.1) is 0 Å². The average Bonchev–Trinajstić information content (AvgIpc) is 2.82. The van der Waals surface area contributed by atoms with Crippen molar-refractivity contribution in [1.29, 1.82) is 0 Å². The molecular weight excluding hydrogens is 216 g/mol. The van der Waals surface area contributed by atoms with E-state index in [1.807, 2.05) is 44.2 Å². The van der Waals surface area contributed by atoms with Gasteiger partial charge >= 0.3 is 5.97 Å². The van der Waals surface area contributed by atoms with Crippen LogP contribution >= 0.6 is 0 Å². The predicted molar refractivity (Wildman–Crippen MR) is 65.0 cm³/mol. The van der Waals surface area contributed by atoms with Crippen LogP contribution in [-0.4, -0.2) is 17.7 Å². The Morgan fingerprint density at radius 3 is 2.53 bits per heavy atom. The number of carbonyl (C=O) groups is 1. The smallest absolute Gasteiger partial charge is 0.307 e. The number of hydrogen-bond donors (Lipinski definition) is 1. The molecule has 1 aliphatic carbocycles. The molecule has 1 aliphatic rings. The van der Waals surface area contributed by atoms with Gasteiger partial charge in [0.15, 0.2) is 0 Å². The Morgan fingerprint density at radius 2 is 2.00 bits per heavy atom. The molecule has 0 aromatic heterocycles. The van der Waals surface area contributed by atoms with Crippen molar-refractivity contribution in [2.75, 3.05) is 6.61 Å². The van der Waals surface area contributed by atoms with Gasteiger partial charge in [-0.3, -0.25) is 4.79 Å². The average molecular weight is 234 g/mol. The number of ether oxygens (including phenoxy) is 1. The van der Waals surface area contributed by atoms with Crippen LogP contribution in [0.1, 0.15) is 20.3 Å². The zero-order valence-corrected chi connectivity index (χ0v) is 10.2. The van der Waals surface area contributed by atoms with Crippen LogP contribution in [0.3, 0.4) is 0 Å². The lowest BCUT2D eigenvalue weighted by molar-refractivity contribution is -0.139. The van der Waals surface area contributed by atoms with Crippen molar-refractivity contribution >= 4 is 5.97 Å². The largest absolute Gasteiger partial charge is 0.494 e. The van der Waals surface area contributed by atoms with Crippen molar-refractivity contribution < 1.29 is 14.6 Å². The molecule has 92 valence electrons. The van der Waals surface area contributed by atoms with Gasteiger partial charge in [0, 0.05) is 0 Å². The van der Waals surface area contributed by atoms with Gasteiger partial charge in [0.05, 0.1) is 12.5 Å². The highest BCUT2D eigenvalue weighted by Crippen LogP contribution is 2.59. The fourth-order valence-electron chi connectivity index (χ4n) is 2.59. The minimum atomic E-state index is -0.681. The molecule has 1 aromatic rings. The Balaban J connectivity index is 1.79. The van der Waals surface area contributed by atoms with Crippen LogP contribution in [0.2, 0.25) is 0 Å². The molecule has 1 aromatic carbocycles. The monoisotopic (exact) mass is 234 g/mol. The van der Waals surface area contributed by atoms with Crippen molar-refractivity contribution in [3.8, 4) is 5.75 Å². The van der Waals surface area contributed by atoms with E-state index in [1.165, 1.54) is 0 Å². The van der Waals surface area contributed by atoms with Crippen molar-refractivity contribution in [2.24, 2.45) is 17.3 Å². The predicted octanol–water partition coefficient (Wildman–Crippen LogP) is 2.81. The summed E-state index contributed by atoms with van der Waals surface area (Å²) in [6.45, 7) is 4.61. The van der Waals surface area contributed by atoms with Crippen LogP contribution in [0.5, 0.6) is 5.75 Å². The van der Waals surface area contributed by atoms with Gasteiger partial charge in [0.1, 0.15) is 5.75 Å². The minimum absolute atomic E-state index is 0.0775. The Kier molecular flexibility index (Phi) is 3.09. The van der Waals surface area contributed by atoms with E-state index in [9.17, 15) is 4.79 Å². The minimum Gasteiger partial charge on any atom is -0.494 e. The molecule has 1 saturated carbocycles. The van der Waals surface area contributed by atoms with Gasteiger partial charge in [0.2, 0.25) is 0 Å². The van der Waals surface area contributed by atoms with E-state index in [0.29, 0.717) is 6.61 Å². The van der Waals surface area contributed by atoms with Crippen LogP contribution in [0, 0.1) is 17.3 Å².